The number of benzene rings is 2. The van der Waals surface area contributed by atoms with Crippen molar-refractivity contribution in [3.05, 3.63) is 60.2 Å². The Labute approximate surface area is 155 Å². The first-order valence-electron chi connectivity index (χ1n) is 8.70. The van der Waals surface area contributed by atoms with Crippen molar-refractivity contribution in [1.82, 2.24) is 4.90 Å². The van der Waals surface area contributed by atoms with Gasteiger partial charge in [0.25, 0.3) is 0 Å². The van der Waals surface area contributed by atoms with E-state index in [0.717, 1.165) is 11.4 Å². The van der Waals surface area contributed by atoms with Gasteiger partial charge in [0.05, 0.1) is 19.0 Å². The molecule has 0 atom stereocenters. The molecule has 0 aromatic heterocycles. The summed E-state index contributed by atoms with van der Waals surface area (Å²) >= 11 is 0. The molecule has 5 nitrogen and oxygen atoms in total. The summed E-state index contributed by atoms with van der Waals surface area (Å²) in [7, 11) is 1.89. The van der Waals surface area contributed by atoms with Crippen molar-refractivity contribution < 1.29 is 9.53 Å². The molecule has 0 saturated heterocycles. The van der Waals surface area contributed by atoms with Crippen molar-refractivity contribution in [2.45, 2.75) is 13.3 Å². The molecule has 5 heteroatoms. The molecular formula is C21H25N3O2. The van der Waals surface area contributed by atoms with Crippen molar-refractivity contribution in [2.75, 3.05) is 38.2 Å². The fourth-order valence-corrected chi connectivity index (χ4v) is 2.52. The summed E-state index contributed by atoms with van der Waals surface area (Å²) in [6.45, 7) is 3.86. The van der Waals surface area contributed by atoms with Crippen molar-refractivity contribution in [3.63, 3.8) is 0 Å². The van der Waals surface area contributed by atoms with Gasteiger partial charge in [0, 0.05) is 18.8 Å². The van der Waals surface area contributed by atoms with E-state index in [-0.39, 0.29) is 12.5 Å². The standard InChI is InChI=1S/C21H25N3O2/c1-18-9-11-20(12-10-18)26-16-15-23(2)17-21(25)24(14-6-13-22)19-7-4-3-5-8-19/h3-5,7-12H,6,14-17H2,1-2H3. The molecule has 0 bridgehead atoms. The van der Waals surface area contributed by atoms with Crippen molar-refractivity contribution in [1.29, 1.82) is 5.26 Å². The van der Waals surface area contributed by atoms with Crippen LogP contribution in [0.2, 0.25) is 0 Å². The number of carbonyl (C=O) groups excluding carboxylic acids is 1. The molecule has 2 aromatic rings. The van der Waals surface area contributed by atoms with Gasteiger partial charge in [0.1, 0.15) is 12.4 Å². The number of nitrogens with zero attached hydrogens (tertiary/aromatic N) is 3. The monoisotopic (exact) mass is 351 g/mol. The number of ether oxygens (including phenoxy) is 1. The van der Waals surface area contributed by atoms with E-state index in [1.807, 2.05) is 73.5 Å². The zero-order valence-corrected chi connectivity index (χ0v) is 15.4. The minimum absolute atomic E-state index is 0.0238. The molecule has 2 aromatic carbocycles. The van der Waals surface area contributed by atoms with E-state index >= 15 is 0 Å². The van der Waals surface area contributed by atoms with Crippen LogP contribution in [-0.2, 0) is 4.79 Å². The average molecular weight is 351 g/mol. The number of amides is 1. The predicted octanol–water partition coefficient (Wildman–Crippen LogP) is 3.25. The van der Waals surface area contributed by atoms with Crippen LogP contribution in [0.5, 0.6) is 5.75 Å². The number of carbonyl (C=O) groups is 1. The van der Waals surface area contributed by atoms with E-state index in [0.29, 0.717) is 26.1 Å². The third kappa shape index (κ3) is 6.23. The molecular weight excluding hydrogens is 326 g/mol. The Morgan fingerprint density at radius 1 is 1.08 bits per heavy atom. The number of anilines is 1. The first-order valence-corrected chi connectivity index (χ1v) is 8.70. The summed E-state index contributed by atoms with van der Waals surface area (Å²) in [5.41, 5.74) is 2.01. The Balaban J connectivity index is 1.85. The van der Waals surface area contributed by atoms with Crippen LogP contribution in [0.1, 0.15) is 12.0 Å². The van der Waals surface area contributed by atoms with Crippen LogP contribution in [0.25, 0.3) is 0 Å². The third-order valence-electron chi connectivity index (χ3n) is 3.98. The summed E-state index contributed by atoms with van der Waals surface area (Å²) in [6, 6.07) is 19.5. The van der Waals surface area contributed by atoms with E-state index in [1.165, 1.54) is 5.56 Å². The second-order valence-electron chi connectivity index (χ2n) is 6.19. The normalized spacial score (nSPS) is 10.4. The summed E-state index contributed by atoms with van der Waals surface area (Å²) < 4.78 is 5.71. The zero-order chi connectivity index (χ0) is 18.8. The Hall–Kier alpha value is -2.84. The van der Waals surface area contributed by atoms with Crippen LogP contribution in [0.4, 0.5) is 5.69 Å². The van der Waals surface area contributed by atoms with Gasteiger partial charge in [0.15, 0.2) is 0 Å². The van der Waals surface area contributed by atoms with E-state index in [9.17, 15) is 4.79 Å². The first kappa shape index (κ1) is 19.5. The molecule has 2 rings (SSSR count). The molecule has 0 radical (unpaired) electrons. The van der Waals surface area contributed by atoms with Gasteiger partial charge in [-0.2, -0.15) is 5.26 Å². The van der Waals surface area contributed by atoms with E-state index in [2.05, 4.69) is 6.07 Å². The minimum atomic E-state index is -0.0238. The number of rotatable bonds is 9. The van der Waals surface area contributed by atoms with Crippen LogP contribution in [-0.4, -0.2) is 44.1 Å². The van der Waals surface area contributed by atoms with Gasteiger partial charge in [-0.05, 0) is 38.2 Å². The highest BCUT2D eigenvalue weighted by atomic mass is 16.5. The first-order chi connectivity index (χ1) is 12.6. The number of nitriles is 1. The van der Waals surface area contributed by atoms with Crippen LogP contribution >= 0.6 is 0 Å². The minimum Gasteiger partial charge on any atom is -0.492 e. The summed E-state index contributed by atoms with van der Waals surface area (Å²) in [4.78, 5) is 16.3. The second-order valence-corrected chi connectivity index (χ2v) is 6.19. The lowest BCUT2D eigenvalue weighted by Crippen LogP contribution is -2.40. The number of hydrogen-bond donors (Lipinski definition) is 0. The molecule has 0 aliphatic carbocycles. The molecule has 0 N–H and O–H groups in total. The largest absolute Gasteiger partial charge is 0.492 e. The molecule has 0 aliphatic heterocycles. The Morgan fingerprint density at radius 2 is 1.77 bits per heavy atom. The highest BCUT2D eigenvalue weighted by Gasteiger charge is 2.17. The highest BCUT2D eigenvalue weighted by molar-refractivity contribution is 5.94. The van der Waals surface area contributed by atoms with Crippen LogP contribution in [0.3, 0.4) is 0 Å². The smallest absolute Gasteiger partial charge is 0.241 e. The maximum Gasteiger partial charge on any atom is 0.241 e. The molecule has 26 heavy (non-hydrogen) atoms. The lowest BCUT2D eigenvalue weighted by molar-refractivity contribution is -0.119. The summed E-state index contributed by atoms with van der Waals surface area (Å²) in [5.74, 6) is 0.805. The van der Waals surface area contributed by atoms with Crippen molar-refractivity contribution >= 4 is 11.6 Å². The molecule has 0 saturated carbocycles. The van der Waals surface area contributed by atoms with Gasteiger partial charge in [0.2, 0.25) is 5.91 Å². The number of likely N-dealkylation sites (N-methyl/N-ethyl adjacent to an activating group) is 1. The van der Waals surface area contributed by atoms with Crippen molar-refractivity contribution in [2.24, 2.45) is 0 Å². The van der Waals surface area contributed by atoms with E-state index < -0.39 is 0 Å². The van der Waals surface area contributed by atoms with E-state index in [4.69, 9.17) is 10.00 Å². The number of aryl methyl sites for hydroxylation is 1. The molecule has 0 aliphatic rings. The van der Waals surface area contributed by atoms with Gasteiger partial charge >= 0.3 is 0 Å². The van der Waals surface area contributed by atoms with Gasteiger partial charge in [-0.3, -0.25) is 9.69 Å². The average Bonchev–Trinajstić information content (AvgIpc) is 2.64. The molecule has 0 spiro atoms. The number of para-hydroxylation sites is 1. The van der Waals surface area contributed by atoms with Crippen molar-refractivity contribution in [3.8, 4) is 11.8 Å². The van der Waals surface area contributed by atoms with Crippen LogP contribution < -0.4 is 9.64 Å². The Morgan fingerprint density at radius 3 is 2.42 bits per heavy atom. The predicted molar refractivity (Wildman–Crippen MR) is 103 cm³/mol. The fourth-order valence-electron chi connectivity index (χ4n) is 2.52. The SMILES string of the molecule is Cc1ccc(OCCN(C)CC(=O)N(CCC#N)c2ccccc2)cc1. The van der Waals surface area contributed by atoms with E-state index in [1.54, 1.807) is 4.90 Å². The highest BCUT2D eigenvalue weighted by Crippen LogP contribution is 2.14. The zero-order valence-electron chi connectivity index (χ0n) is 15.4. The second kappa shape index (κ2) is 10.2. The third-order valence-corrected chi connectivity index (χ3v) is 3.98. The Kier molecular flexibility index (Phi) is 7.66. The number of hydrogen-bond acceptors (Lipinski definition) is 4. The molecule has 136 valence electrons. The lowest BCUT2D eigenvalue weighted by atomic mass is 10.2. The van der Waals surface area contributed by atoms with Gasteiger partial charge in [-0.15, -0.1) is 0 Å². The van der Waals surface area contributed by atoms with Crippen LogP contribution in [0.15, 0.2) is 54.6 Å². The maximum absolute atomic E-state index is 12.7. The van der Waals surface area contributed by atoms with Gasteiger partial charge in [-0.1, -0.05) is 35.9 Å². The Bertz CT molecular complexity index is 723. The van der Waals surface area contributed by atoms with Crippen LogP contribution in [0, 0.1) is 18.3 Å². The molecule has 0 unspecified atom stereocenters. The summed E-state index contributed by atoms with van der Waals surface area (Å²) in [5, 5.41) is 8.85. The summed E-state index contributed by atoms with van der Waals surface area (Å²) in [6.07, 6.45) is 0.306. The maximum atomic E-state index is 12.7. The topological polar surface area (TPSA) is 56.6 Å². The van der Waals surface area contributed by atoms with Gasteiger partial charge in [-0.25, -0.2) is 0 Å². The molecule has 0 fully saturated rings. The quantitative estimate of drug-likeness (QED) is 0.696. The fraction of sp³-hybridized carbons (Fsp3) is 0.333. The lowest BCUT2D eigenvalue weighted by Gasteiger charge is -2.25. The van der Waals surface area contributed by atoms with Gasteiger partial charge < -0.3 is 9.64 Å². The molecule has 1 amide bonds. The molecule has 0 heterocycles.